The second kappa shape index (κ2) is 4.51. The van der Waals surface area contributed by atoms with Crippen molar-refractivity contribution in [3.8, 4) is 5.75 Å². The molecule has 5 heteroatoms. The Hall–Kier alpha value is -2.04. The molecule has 1 heterocycles. The highest BCUT2D eigenvalue weighted by Crippen LogP contribution is 2.42. The summed E-state index contributed by atoms with van der Waals surface area (Å²) in [5.41, 5.74) is -0.266. The fourth-order valence-corrected chi connectivity index (χ4v) is 2.58. The number of nitrogens with one attached hydrogen (secondary N) is 1. The third kappa shape index (κ3) is 1.77. The minimum Gasteiger partial charge on any atom is -0.497 e. The summed E-state index contributed by atoms with van der Waals surface area (Å²) in [4.78, 5) is 12.2. The van der Waals surface area contributed by atoms with Gasteiger partial charge in [-0.2, -0.15) is 0 Å². The molecule has 20 heavy (non-hydrogen) atoms. The van der Waals surface area contributed by atoms with Gasteiger partial charge in [-0.15, -0.1) is 0 Å². The predicted octanol–water partition coefficient (Wildman–Crippen LogP) is 2.54. The first kappa shape index (κ1) is 13.0. The van der Waals surface area contributed by atoms with E-state index in [0.29, 0.717) is 27.6 Å². The predicted molar refractivity (Wildman–Crippen MR) is 76.1 cm³/mol. The van der Waals surface area contributed by atoms with Gasteiger partial charge < -0.3 is 15.2 Å². The molecule has 3 rings (SSSR count). The average Bonchev–Trinajstić information content (AvgIpc) is 2.71. The topological polar surface area (TPSA) is 58.6 Å². The summed E-state index contributed by atoms with van der Waals surface area (Å²) in [7, 11) is 1.53. The second-order valence-corrected chi connectivity index (χ2v) is 5.02. The molecule has 1 atom stereocenters. The van der Waals surface area contributed by atoms with Crippen LogP contribution in [-0.4, -0.2) is 18.1 Å². The van der Waals surface area contributed by atoms with Gasteiger partial charge in [0.15, 0.2) is 5.60 Å². The molecule has 2 N–H and O–H groups in total. The SMILES string of the molecule is COc1cccc(C2(O)C(=O)Nc3cc(Cl)ccc32)c1. The van der Waals surface area contributed by atoms with Gasteiger partial charge in [0.25, 0.3) is 5.91 Å². The molecule has 1 aliphatic rings. The molecule has 0 bridgehead atoms. The van der Waals surface area contributed by atoms with Gasteiger partial charge >= 0.3 is 0 Å². The lowest BCUT2D eigenvalue weighted by Crippen LogP contribution is -2.35. The van der Waals surface area contributed by atoms with Gasteiger partial charge in [0.2, 0.25) is 0 Å². The number of hydrogen-bond acceptors (Lipinski definition) is 3. The number of benzene rings is 2. The van der Waals surface area contributed by atoms with Gasteiger partial charge in [0, 0.05) is 21.8 Å². The van der Waals surface area contributed by atoms with Crippen molar-refractivity contribution in [2.45, 2.75) is 5.60 Å². The Morgan fingerprint density at radius 1 is 1.25 bits per heavy atom. The Bertz CT molecular complexity index is 701. The van der Waals surface area contributed by atoms with Crippen molar-refractivity contribution < 1.29 is 14.6 Å². The Balaban J connectivity index is 2.19. The molecule has 0 radical (unpaired) electrons. The van der Waals surface area contributed by atoms with Gasteiger partial charge in [-0.05, 0) is 24.3 Å². The number of carbonyl (C=O) groups is 1. The van der Waals surface area contributed by atoms with Crippen molar-refractivity contribution in [1.29, 1.82) is 0 Å². The van der Waals surface area contributed by atoms with E-state index in [1.807, 2.05) is 0 Å². The number of hydrogen-bond donors (Lipinski definition) is 2. The van der Waals surface area contributed by atoms with Crippen LogP contribution < -0.4 is 10.1 Å². The fourth-order valence-electron chi connectivity index (χ4n) is 2.41. The van der Waals surface area contributed by atoms with Gasteiger partial charge in [0.1, 0.15) is 5.75 Å². The Morgan fingerprint density at radius 2 is 2.05 bits per heavy atom. The molecule has 0 aliphatic carbocycles. The van der Waals surface area contributed by atoms with Crippen LogP contribution in [0.3, 0.4) is 0 Å². The first-order valence-corrected chi connectivity index (χ1v) is 6.42. The number of fused-ring (bicyclic) bond motifs is 1. The van der Waals surface area contributed by atoms with Gasteiger partial charge in [-0.25, -0.2) is 0 Å². The Labute approximate surface area is 120 Å². The van der Waals surface area contributed by atoms with E-state index in [2.05, 4.69) is 5.32 Å². The standard InChI is InChI=1S/C15H12ClNO3/c1-20-11-4-2-3-9(7-11)15(19)12-6-5-10(16)8-13(12)17-14(15)18/h2-8,19H,1H3,(H,17,18). The van der Waals surface area contributed by atoms with Crippen molar-refractivity contribution in [3.63, 3.8) is 0 Å². The van der Waals surface area contributed by atoms with Crippen molar-refractivity contribution >= 4 is 23.2 Å². The van der Waals surface area contributed by atoms with Gasteiger partial charge in [0.05, 0.1) is 7.11 Å². The highest BCUT2D eigenvalue weighted by molar-refractivity contribution is 6.31. The third-order valence-electron chi connectivity index (χ3n) is 3.44. The smallest absolute Gasteiger partial charge is 0.265 e. The Kier molecular flexibility index (Phi) is 2.92. The van der Waals surface area contributed by atoms with Crippen LogP contribution >= 0.6 is 11.6 Å². The second-order valence-electron chi connectivity index (χ2n) is 4.59. The number of amides is 1. The molecule has 2 aromatic carbocycles. The molecule has 0 aromatic heterocycles. The first-order valence-electron chi connectivity index (χ1n) is 6.04. The largest absolute Gasteiger partial charge is 0.497 e. The molecule has 0 fully saturated rings. The lowest BCUT2D eigenvalue weighted by molar-refractivity contribution is -0.129. The molecular weight excluding hydrogens is 278 g/mol. The lowest BCUT2D eigenvalue weighted by atomic mass is 9.87. The summed E-state index contributed by atoms with van der Waals surface area (Å²) in [6.07, 6.45) is 0. The van der Waals surface area contributed by atoms with Crippen LogP contribution in [0, 0.1) is 0 Å². The van der Waals surface area contributed by atoms with Gasteiger partial charge in [-0.3, -0.25) is 4.79 Å². The summed E-state index contributed by atoms with van der Waals surface area (Å²) < 4.78 is 5.14. The number of halogens is 1. The Morgan fingerprint density at radius 3 is 2.80 bits per heavy atom. The van der Waals surface area contributed by atoms with Crippen LogP contribution in [0.15, 0.2) is 42.5 Å². The van der Waals surface area contributed by atoms with Crippen LogP contribution in [0.1, 0.15) is 11.1 Å². The minimum atomic E-state index is -1.73. The van der Waals surface area contributed by atoms with Crippen LogP contribution in [0.4, 0.5) is 5.69 Å². The third-order valence-corrected chi connectivity index (χ3v) is 3.67. The van der Waals surface area contributed by atoms with E-state index >= 15 is 0 Å². The van der Waals surface area contributed by atoms with E-state index < -0.39 is 11.5 Å². The summed E-state index contributed by atoms with van der Waals surface area (Å²) in [5.74, 6) is 0.0779. The zero-order valence-corrected chi connectivity index (χ0v) is 11.4. The highest BCUT2D eigenvalue weighted by atomic mass is 35.5. The molecular formula is C15H12ClNO3. The van der Waals surface area contributed by atoms with Gasteiger partial charge in [-0.1, -0.05) is 29.8 Å². The quantitative estimate of drug-likeness (QED) is 0.893. The number of carbonyl (C=O) groups excluding carboxylic acids is 1. The maximum absolute atomic E-state index is 12.2. The van der Waals surface area contributed by atoms with Crippen molar-refractivity contribution in [3.05, 3.63) is 58.6 Å². The lowest BCUT2D eigenvalue weighted by Gasteiger charge is -2.21. The maximum Gasteiger partial charge on any atom is 0.265 e. The average molecular weight is 290 g/mol. The zero-order chi connectivity index (χ0) is 14.3. The van der Waals surface area contributed by atoms with E-state index in [4.69, 9.17) is 16.3 Å². The van der Waals surface area contributed by atoms with E-state index in [9.17, 15) is 9.90 Å². The van der Waals surface area contributed by atoms with Crippen LogP contribution in [-0.2, 0) is 10.4 Å². The molecule has 1 unspecified atom stereocenters. The summed E-state index contributed by atoms with van der Waals surface area (Å²) in [6.45, 7) is 0. The monoisotopic (exact) mass is 289 g/mol. The summed E-state index contributed by atoms with van der Waals surface area (Å²) >= 11 is 5.90. The molecule has 0 spiro atoms. The summed E-state index contributed by atoms with van der Waals surface area (Å²) in [5, 5.41) is 14.0. The zero-order valence-electron chi connectivity index (χ0n) is 10.7. The molecule has 4 nitrogen and oxygen atoms in total. The van der Waals surface area contributed by atoms with Crippen LogP contribution in [0.2, 0.25) is 5.02 Å². The maximum atomic E-state index is 12.2. The number of ether oxygens (including phenoxy) is 1. The number of anilines is 1. The molecule has 0 saturated heterocycles. The van der Waals surface area contributed by atoms with E-state index in [0.717, 1.165) is 0 Å². The minimum absolute atomic E-state index is 0.454. The molecule has 2 aromatic rings. The van der Waals surface area contributed by atoms with E-state index in [1.165, 1.54) is 7.11 Å². The first-order chi connectivity index (χ1) is 9.55. The molecule has 102 valence electrons. The molecule has 1 aliphatic heterocycles. The normalized spacial score (nSPS) is 20.4. The number of aliphatic hydroxyl groups is 1. The fraction of sp³-hybridized carbons (Fsp3) is 0.133. The summed E-state index contributed by atoms with van der Waals surface area (Å²) in [6, 6.07) is 11.7. The highest BCUT2D eigenvalue weighted by Gasteiger charge is 2.46. The van der Waals surface area contributed by atoms with Crippen LogP contribution in [0.25, 0.3) is 0 Å². The van der Waals surface area contributed by atoms with E-state index in [-0.39, 0.29) is 0 Å². The molecule has 0 saturated carbocycles. The van der Waals surface area contributed by atoms with Crippen LogP contribution in [0.5, 0.6) is 5.75 Å². The van der Waals surface area contributed by atoms with Crippen molar-refractivity contribution in [1.82, 2.24) is 0 Å². The van der Waals surface area contributed by atoms with Crippen molar-refractivity contribution in [2.75, 3.05) is 12.4 Å². The number of rotatable bonds is 2. The molecule has 1 amide bonds. The van der Waals surface area contributed by atoms with E-state index in [1.54, 1.807) is 42.5 Å². The van der Waals surface area contributed by atoms with Crippen molar-refractivity contribution in [2.24, 2.45) is 0 Å². The number of methoxy groups -OCH3 is 1.